The van der Waals surface area contributed by atoms with Crippen molar-refractivity contribution in [3.8, 4) is 5.75 Å². The molecule has 0 aliphatic carbocycles. The van der Waals surface area contributed by atoms with Crippen LogP contribution in [0.5, 0.6) is 5.75 Å². The lowest BCUT2D eigenvalue weighted by Crippen LogP contribution is -2.23. The Labute approximate surface area is 135 Å². The first-order valence-corrected chi connectivity index (χ1v) is 8.72. The molecule has 0 amide bonds. The second kappa shape index (κ2) is 6.02. The first-order chi connectivity index (χ1) is 11.0. The Balaban J connectivity index is 1.98. The van der Waals surface area contributed by atoms with Crippen molar-refractivity contribution >= 4 is 20.8 Å². The van der Waals surface area contributed by atoms with E-state index < -0.39 is 10.0 Å². The van der Waals surface area contributed by atoms with Crippen LogP contribution in [0.3, 0.4) is 0 Å². The molecule has 0 unspecified atom stereocenters. The zero-order valence-electron chi connectivity index (χ0n) is 12.7. The Kier molecular flexibility index (Phi) is 4.07. The highest BCUT2D eigenvalue weighted by atomic mass is 32.2. The maximum Gasteiger partial charge on any atom is 0.241 e. The van der Waals surface area contributed by atoms with Crippen molar-refractivity contribution in [3.63, 3.8) is 0 Å². The van der Waals surface area contributed by atoms with Crippen LogP contribution in [0.25, 0.3) is 10.8 Å². The summed E-state index contributed by atoms with van der Waals surface area (Å²) in [6.07, 6.45) is 0. The summed E-state index contributed by atoms with van der Waals surface area (Å²) in [5.41, 5.74) is 1.96. The Morgan fingerprint density at radius 3 is 2.39 bits per heavy atom. The maximum atomic E-state index is 12.6. The fraction of sp³-hybridized carbons (Fsp3) is 0.111. The van der Waals surface area contributed by atoms with Gasteiger partial charge in [-0.15, -0.1) is 0 Å². The molecule has 0 aliphatic heterocycles. The third-order valence-corrected chi connectivity index (χ3v) is 5.32. The SMILES string of the molecule is Cc1ccccc1CNS(=O)(=O)c1cccc2c(O)cccc12. The van der Waals surface area contributed by atoms with Crippen LogP contribution in [-0.2, 0) is 16.6 Å². The molecule has 2 N–H and O–H groups in total. The molecule has 23 heavy (non-hydrogen) atoms. The van der Waals surface area contributed by atoms with E-state index in [0.717, 1.165) is 11.1 Å². The normalized spacial score (nSPS) is 11.7. The minimum absolute atomic E-state index is 0.0680. The number of phenolic OH excluding ortho intramolecular Hbond substituents is 1. The summed E-state index contributed by atoms with van der Waals surface area (Å²) in [7, 11) is -3.68. The highest BCUT2D eigenvalue weighted by Gasteiger charge is 2.18. The van der Waals surface area contributed by atoms with Crippen molar-refractivity contribution in [1.29, 1.82) is 0 Å². The van der Waals surface area contributed by atoms with Gasteiger partial charge in [-0.05, 0) is 30.2 Å². The van der Waals surface area contributed by atoms with E-state index in [-0.39, 0.29) is 17.2 Å². The van der Waals surface area contributed by atoms with Crippen molar-refractivity contribution < 1.29 is 13.5 Å². The molecule has 0 saturated carbocycles. The minimum Gasteiger partial charge on any atom is -0.507 e. The number of benzene rings is 3. The largest absolute Gasteiger partial charge is 0.507 e. The van der Waals surface area contributed by atoms with Crippen molar-refractivity contribution in [3.05, 3.63) is 71.8 Å². The molecule has 3 rings (SSSR count). The lowest BCUT2D eigenvalue weighted by molar-refractivity contribution is 0.481. The summed E-state index contributed by atoms with van der Waals surface area (Å²) in [4.78, 5) is 0.166. The van der Waals surface area contributed by atoms with Gasteiger partial charge in [0, 0.05) is 17.3 Å². The number of phenols is 1. The second-order valence-electron chi connectivity index (χ2n) is 5.38. The zero-order chi connectivity index (χ0) is 16.4. The van der Waals surface area contributed by atoms with E-state index in [1.807, 2.05) is 31.2 Å². The van der Waals surface area contributed by atoms with Crippen molar-refractivity contribution in [1.82, 2.24) is 4.72 Å². The average Bonchev–Trinajstić information content (AvgIpc) is 2.54. The van der Waals surface area contributed by atoms with Crippen LogP contribution >= 0.6 is 0 Å². The molecule has 0 bridgehead atoms. The number of aromatic hydroxyl groups is 1. The Morgan fingerprint density at radius 2 is 1.61 bits per heavy atom. The van der Waals surface area contributed by atoms with E-state index in [2.05, 4.69) is 4.72 Å². The smallest absolute Gasteiger partial charge is 0.241 e. The third kappa shape index (κ3) is 3.06. The van der Waals surface area contributed by atoms with E-state index in [1.165, 1.54) is 0 Å². The van der Waals surface area contributed by atoms with E-state index in [4.69, 9.17) is 0 Å². The van der Waals surface area contributed by atoms with Gasteiger partial charge in [0.15, 0.2) is 0 Å². The van der Waals surface area contributed by atoms with Gasteiger partial charge in [0.2, 0.25) is 10.0 Å². The van der Waals surface area contributed by atoms with Crippen molar-refractivity contribution in [2.24, 2.45) is 0 Å². The Morgan fingerprint density at radius 1 is 0.913 bits per heavy atom. The molecule has 5 heteroatoms. The molecule has 0 radical (unpaired) electrons. The highest BCUT2D eigenvalue weighted by Crippen LogP contribution is 2.29. The molecule has 0 aromatic heterocycles. The first-order valence-electron chi connectivity index (χ1n) is 7.24. The molecule has 0 heterocycles. The van der Waals surface area contributed by atoms with E-state index in [9.17, 15) is 13.5 Å². The summed E-state index contributed by atoms with van der Waals surface area (Å²) in [5.74, 6) is 0.0680. The van der Waals surface area contributed by atoms with Gasteiger partial charge in [0.05, 0.1) is 4.90 Å². The maximum absolute atomic E-state index is 12.6. The first kappa shape index (κ1) is 15.5. The minimum atomic E-state index is -3.68. The molecule has 0 spiro atoms. The van der Waals surface area contributed by atoms with Crippen molar-refractivity contribution in [2.45, 2.75) is 18.4 Å². The van der Waals surface area contributed by atoms with E-state index in [0.29, 0.717) is 10.8 Å². The lowest BCUT2D eigenvalue weighted by atomic mass is 10.1. The summed E-state index contributed by atoms with van der Waals surface area (Å²) in [6.45, 7) is 2.17. The van der Waals surface area contributed by atoms with Crippen LogP contribution in [0, 0.1) is 6.92 Å². The number of rotatable bonds is 4. The number of aryl methyl sites for hydroxylation is 1. The molecule has 0 fully saturated rings. The molecule has 0 saturated heterocycles. The van der Waals surface area contributed by atoms with Crippen LogP contribution in [0.4, 0.5) is 0 Å². The molecular formula is C18H17NO3S. The number of fused-ring (bicyclic) bond motifs is 1. The van der Waals surface area contributed by atoms with Crippen LogP contribution in [-0.4, -0.2) is 13.5 Å². The second-order valence-corrected chi connectivity index (χ2v) is 7.11. The molecule has 4 nitrogen and oxygen atoms in total. The topological polar surface area (TPSA) is 66.4 Å². The molecule has 3 aromatic rings. The number of sulfonamides is 1. The van der Waals surface area contributed by atoms with Crippen LogP contribution in [0.1, 0.15) is 11.1 Å². The number of hydrogen-bond acceptors (Lipinski definition) is 3. The average molecular weight is 327 g/mol. The monoisotopic (exact) mass is 327 g/mol. The molecule has 0 atom stereocenters. The van der Waals surface area contributed by atoms with Gasteiger partial charge in [-0.1, -0.05) is 48.5 Å². The van der Waals surface area contributed by atoms with Gasteiger partial charge in [-0.25, -0.2) is 13.1 Å². The highest BCUT2D eigenvalue weighted by molar-refractivity contribution is 7.89. The van der Waals surface area contributed by atoms with E-state index in [1.54, 1.807) is 36.4 Å². The number of hydrogen-bond donors (Lipinski definition) is 2. The van der Waals surface area contributed by atoms with Crippen LogP contribution in [0.15, 0.2) is 65.6 Å². The summed E-state index contributed by atoms with van der Waals surface area (Å²) >= 11 is 0. The fourth-order valence-corrected chi connectivity index (χ4v) is 3.78. The van der Waals surface area contributed by atoms with Gasteiger partial charge < -0.3 is 5.11 Å². The Bertz CT molecular complexity index is 965. The van der Waals surface area contributed by atoms with Crippen molar-refractivity contribution in [2.75, 3.05) is 0 Å². The lowest BCUT2D eigenvalue weighted by Gasteiger charge is -2.11. The van der Waals surface area contributed by atoms with Gasteiger partial charge in [0.25, 0.3) is 0 Å². The number of nitrogens with one attached hydrogen (secondary N) is 1. The predicted molar refractivity (Wildman–Crippen MR) is 90.8 cm³/mol. The molecular weight excluding hydrogens is 310 g/mol. The van der Waals surface area contributed by atoms with Gasteiger partial charge in [0.1, 0.15) is 5.75 Å². The molecule has 3 aromatic carbocycles. The Hall–Kier alpha value is -2.37. The van der Waals surface area contributed by atoms with E-state index >= 15 is 0 Å². The summed E-state index contributed by atoms with van der Waals surface area (Å²) < 4.78 is 27.9. The van der Waals surface area contributed by atoms with Gasteiger partial charge in [-0.2, -0.15) is 0 Å². The quantitative estimate of drug-likeness (QED) is 0.772. The molecule has 0 aliphatic rings. The molecule has 118 valence electrons. The standard InChI is InChI=1S/C18H17NO3S/c1-13-6-2-3-7-14(13)12-19-23(21,22)18-11-5-8-15-16(18)9-4-10-17(15)20/h2-11,19-20H,12H2,1H3. The van der Waals surface area contributed by atoms with Gasteiger partial charge >= 0.3 is 0 Å². The van der Waals surface area contributed by atoms with Crippen LogP contribution < -0.4 is 4.72 Å². The van der Waals surface area contributed by atoms with Crippen LogP contribution in [0.2, 0.25) is 0 Å². The summed E-state index contributed by atoms with van der Waals surface area (Å²) in [5, 5.41) is 10.9. The zero-order valence-corrected chi connectivity index (χ0v) is 13.5. The van der Waals surface area contributed by atoms with Gasteiger partial charge in [-0.3, -0.25) is 0 Å². The predicted octanol–water partition coefficient (Wildman–Crippen LogP) is 3.33. The summed E-state index contributed by atoms with van der Waals surface area (Å²) in [6, 6.07) is 17.4. The fourth-order valence-electron chi connectivity index (χ4n) is 2.56. The third-order valence-electron chi connectivity index (χ3n) is 3.86.